The van der Waals surface area contributed by atoms with Crippen LogP contribution in [0.3, 0.4) is 0 Å². The highest BCUT2D eigenvalue weighted by molar-refractivity contribution is 5.81. The summed E-state index contributed by atoms with van der Waals surface area (Å²) in [5, 5.41) is 0. The molecule has 3 aromatic rings. The normalized spacial score (nSPS) is 17.9. The van der Waals surface area contributed by atoms with E-state index in [0.717, 1.165) is 93.5 Å². The number of H-pyrrole nitrogens is 1. The number of fused-ring (bicyclic) bond motifs is 1. The Morgan fingerprint density at radius 3 is 2.63 bits per heavy atom. The first-order valence-electron chi connectivity index (χ1n) is 14.4. The zero-order valence-corrected chi connectivity index (χ0v) is 23.0. The molecular weight excluding hydrogens is 478 g/mol. The van der Waals surface area contributed by atoms with E-state index in [1.165, 1.54) is 5.56 Å². The Morgan fingerprint density at radius 2 is 1.92 bits per heavy atom. The number of esters is 1. The quantitative estimate of drug-likeness (QED) is 0.360. The fourth-order valence-electron chi connectivity index (χ4n) is 5.95. The predicted octanol–water partition coefficient (Wildman–Crippen LogP) is 5.82. The molecule has 1 atom stereocenters. The molecule has 2 aliphatic rings. The van der Waals surface area contributed by atoms with Gasteiger partial charge in [-0.25, -0.2) is 4.98 Å². The molecule has 0 radical (unpaired) electrons. The van der Waals surface area contributed by atoms with Crippen molar-refractivity contribution in [2.45, 2.75) is 84.8 Å². The molecule has 0 unspecified atom stereocenters. The van der Waals surface area contributed by atoms with Crippen molar-refractivity contribution < 1.29 is 14.3 Å². The smallest absolute Gasteiger partial charge is 0.309 e. The number of hydrogen-bond acceptors (Lipinski definition) is 5. The van der Waals surface area contributed by atoms with Gasteiger partial charge >= 0.3 is 5.97 Å². The second-order valence-corrected chi connectivity index (χ2v) is 11.6. The molecule has 2 aromatic heterocycles. The second-order valence-electron chi connectivity index (χ2n) is 11.6. The van der Waals surface area contributed by atoms with Crippen molar-refractivity contribution >= 4 is 17.0 Å². The largest absolute Gasteiger partial charge is 0.462 e. The number of nitrogens with zero attached hydrogens (tertiary/aromatic N) is 2. The van der Waals surface area contributed by atoms with Crippen molar-refractivity contribution in [1.82, 2.24) is 14.5 Å². The lowest BCUT2D eigenvalue weighted by molar-refractivity contribution is -0.155. The van der Waals surface area contributed by atoms with Crippen LogP contribution >= 0.6 is 0 Å². The highest BCUT2D eigenvalue weighted by Gasteiger charge is 2.28. The van der Waals surface area contributed by atoms with E-state index >= 15 is 0 Å². The molecule has 1 N–H and O–H groups in total. The van der Waals surface area contributed by atoms with Crippen LogP contribution in [-0.4, -0.2) is 39.8 Å². The Labute approximate surface area is 225 Å². The summed E-state index contributed by atoms with van der Waals surface area (Å²) in [6.45, 7) is 8.52. The van der Waals surface area contributed by atoms with Crippen molar-refractivity contribution in [3.63, 3.8) is 0 Å². The van der Waals surface area contributed by atoms with Crippen LogP contribution in [0.2, 0.25) is 0 Å². The minimum absolute atomic E-state index is 0.0376. The van der Waals surface area contributed by atoms with Crippen LogP contribution in [0.5, 0.6) is 0 Å². The first-order chi connectivity index (χ1) is 18.4. The first-order valence-corrected chi connectivity index (χ1v) is 14.4. The Balaban J connectivity index is 1.39. The minimum atomic E-state index is -0.1000. The molecule has 1 saturated heterocycles. The lowest BCUT2D eigenvalue weighted by Gasteiger charge is -2.23. The lowest BCUT2D eigenvalue weighted by atomic mass is 9.89. The number of pyridine rings is 1. The van der Waals surface area contributed by atoms with E-state index in [4.69, 9.17) is 14.5 Å². The number of aromatic amines is 1. The monoisotopic (exact) mass is 519 g/mol. The minimum Gasteiger partial charge on any atom is -0.462 e. The zero-order valence-electron chi connectivity index (χ0n) is 23.0. The van der Waals surface area contributed by atoms with Gasteiger partial charge in [-0.15, -0.1) is 0 Å². The number of carbonyl (C=O) groups excluding carboxylic acids is 1. The number of benzene rings is 1. The molecular formula is C31H41N3O4. The number of rotatable bonds is 9. The maximum absolute atomic E-state index is 12.9. The summed E-state index contributed by atoms with van der Waals surface area (Å²) >= 11 is 0. The summed E-state index contributed by atoms with van der Waals surface area (Å²) in [7, 11) is 0. The standard InChI is InChI=1S/C31H41N3O4/c1-20(2)26(31(36)38-25-6-4-5-7-25)10-8-22-9-11-28-27(17-22)33-29(24-16-21(3)30(35)32-18-24)34(28)19-23-12-14-37-15-13-23/h9,11,16-18,20,23,25-26H,4-8,10,12-15,19H2,1-3H3,(H,32,35)/t26-/m0/s1. The van der Waals surface area contributed by atoms with E-state index in [2.05, 4.69) is 41.6 Å². The maximum Gasteiger partial charge on any atom is 0.309 e. The Morgan fingerprint density at radius 1 is 1.16 bits per heavy atom. The van der Waals surface area contributed by atoms with Gasteiger partial charge in [0.25, 0.3) is 5.56 Å². The molecule has 204 valence electrons. The molecule has 1 aliphatic heterocycles. The van der Waals surface area contributed by atoms with E-state index in [9.17, 15) is 9.59 Å². The zero-order chi connectivity index (χ0) is 26.6. The molecule has 5 rings (SSSR count). The summed E-state index contributed by atoms with van der Waals surface area (Å²) < 4.78 is 13.8. The number of imidazole rings is 1. The molecule has 7 nitrogen and oxygen atoms in total. The number of nitrogens with one attached hydrogen (secondary N) is 1. The average molecular weight is 520 g/mol. The van der Waals surface area contributed by atoms with Gasteiger partial charge in [0.05, 0.1) is 17.0 Å². The molecule has 38 heavy (non-hydrogen) atoms. The average Bonchev–Trinajstić information content (AvgIpc) is 3.54. The van der Waals surface area contributed by atoms with E-state index in [1.807, 2.05) is 13.0 Å². The third kappa shape index (κ3) is 6.04. The van der Waals surface area contributed by atoms with Gasteiger partial charge in [0, 0.05) is 37.1 Å². The van der Waals surface area contributed by atoms with Gasteiger partial charge in [-0.2, -0.15) is 0 Å². The van der Waals surface area contributed by atoms with Crippen LogP contribution in [0.25, 0.3) is 22.4 Å². The number of aromatic nitrogens is 3. The van der Waals surface area contributed by atoms with Crippen molar-refractivity contribution in [3.05, 3.63) is 51.9 Å². The summed E-state index contributed by atoms with van der Waals surface area (Å²) in [6.07, 6.45) is 9.84. The fourth-order valence-corrected chi connectivity index (χ4v) is 5.95. The first kappa shape index (κ1) is 26.7. The maximum atomic E-state index is 12.9. The number of aryl methyl sites for hydroxylation is 2. The molecule has 0 bridgehead atoms. The van der Waals surface area contributed by atoms with Gasteiger partial charge in [0.2, 0.25) is 0 Å². The Kier molecular flexibility index (Phi) is 8.32. The Bertz CT molecular complexity index is 1310. The van der Waals surface area contributed by atoms with E-state index in [-0.39, 0.29) is 29.5 Å². The molecule has 1 saturated carbocycles. The van der Waals surface area contributed by atoms with Gasteiger partial charge < -0.3 is 19.0 Å². The van der Waals surface area contributed by atoms with Crippen LogP contribution < -0.4 is 5.56 Å². The second kappa shape index (κ2) is 11.9. The summed E-state index contributed by atoms with van der Waals surface area (Å²) in [5.41, 5.74) is 4.74. The van der Waals surface area contributed by atoms with Gasteiger partial charge in [-0.1, -0.05) is 19.9 Å². The van der Waals surface area contributed by atoms with Gasteiger partial charge in [-0.05, 0) is 93.9 Å². The van der Waals surface area contributed by atoms with Crippen LogP contribution in [-0.2, 0) is 27.2 Å². The summed E-state index contributed by atoms with van der Waals surface area (Å²) in [4.78, 5) is 32.9. The third-order valence-electron chi connectivity index (χ3n) is 8.38. The molecule has 3 heterocycles. The van der Waals surface area contributed by atoms with E-state index in [0.29, 0.717) is 11.5 Å². The lowest BCUT2D eigenvalue weighted by Crippen LogP contribution is -2.27. The molecule has 1 aromatic carbocycles. The molecule has 2 fully saturated rings. The highest BCUT2D eigenvalue weighted by atomic mass is 16.5. The van der Waals surface area contributed by atoms with E-state index in [1.54, 1.807) is 6.20 Å². The van der Waals surface area contributed by atoms with Crippen molar-refractivity contribution in [3.8, 4) is 11.4 Å². The van der Waals surface area contributed by atoms with Crippen molar-refractivity contribution in [1.29, 1.82) is 0 Å². The predicted molar refractivity (Wildman–Crippen MR) is 149 cm³/mol. The van der Waals surface area contributed by atoms with Crippen molar-refractivity contribution in [2.24, 2.45) is 17.8 Å². The highest BCUT2D eigenvalue weighted by Crippen LogP contribution is 2.30. The van der Waals surface area contributed by atoms with E-state index < -0.39 is 0 Å². The fraction of sp³-hybridized carbons (Fsp3) is 0.581. The molecule has 7 heteroatoms. The number of carbonyl (C=O) groups is 1. The number of hydrogen-bond donors (Lipinski definition) is 1. The van der Waals surface area contributed by atoms with Gasteiger partial charge in [0.1, 0.15) is 11.9 Å². The van der Waals surface area contributed by atoms with Crippen LogP contribution in [0.15, 0.2) is 35.3 Å². The van der Waals surface area contributed by atoms with Crippen LogP contribution in [0, 0.1) is 24.7 Å². The van der Waals surface area contributed by atoms with Gasteiger partial charge in [0.15, 0.2) is 0 Å². The van der Waals surface area contributed by atoms with Crippen LogP contribution in [0.1, 0.15) is 69.9 Å². The molecule has 1 aliphatic carbocycles. The SMILES string of the molecule is Cc1cc(-c2nc3cc(CC[C@H](C(=O)OC4CCCC4)C(C)C)ccc3n2CC2CCOCC2)c[nH]c1=O. The van der Waals surface area contributed by atoms with Gasteiger partial charge in [-0.3, -0.25) is 9.59 Å². The third-order valence-corrected chi connectivity index (χ3v) is 8.38. The Hall–Kier alpha value is -2.93. The van der Waals surface area contributed by atoms with Crippen LogP contribution in [0.4, 0.5) is 0 Å². The topological polar surface area (TPSA) is 86.2 Å². The molecule has 0 spiro atoms. The summed E-state index contributed by atoms with van der Waals surface area (Å²) in [6, 6.07) is 8.43. The van der Waals surface area contributed by atoms with Crippen molar-refractivity contribution in [2.75, 3.05) is 13.2 Å². The summed E-state index contributed by atoms with van der Waals surface area (Å²) in [5.74, 6) is 1.51. The molecule has 0 amide bonds. The number of ether oxygens (including phenoxy) is 2.